The summed E-state index contributed by atoms with van der Waals surface area (Å²) in [4.78, 5) is 11.4. The molecule has 1 aromatic heterocycles. The van der Waals surface area contributed by atoms with Crippen LogP contribution >= 0.6 is 34.8 Å². The molecule has 92 valence electrons. The van der Waals surface area contributed by atoms with E-state index < -0.39 is 9.70 Å². The summed E-state index contributed by atoms with van der Waals surface area (Å²) in [6.45, 7) is 0. The summed E-state index contributed by atoms with van der Waals surface area (Å²) in [7, 11) is 0. The molecule has 0 radical (unpaired) electrons. The highest BCUT2D eigenvalue weighted by Crippen LogP contribution is 2.28. The highest BCUT2D eigenvalue weighted by molar-refractivity contribution is 6.76. The van der Waals surface area contributed by atoms with Crippen LogP contribution in [0.15, 0.2) is 12.3 Å². The topological polar surface area (TPSA) is 56.0 Å². The Balaban J connectivity index is 2.24. The summed E-state index contributed by atoms with van der Waals surface area (Å²) in [5, 5.41) is 14.0. The lowest BCUT2D eigenvalue weighted by Crippen LogP contribution is -2.33. The summed E-state index contributed by atoms with van der Waals surface area (Å²) >= 11 is 16.3. The van der Waals surface area contributed by atoms with E-state index in [1.807, 2.05) is 0 Å². The van der Waals surface area contributed by atoms with E-state index in [1.165, 1.54) is 6.20 Å². The first kappa shape index (κ1) is 12.7. The number of aryl methyl sites for hydroxylation is 1. The van der Waals surface area contributed by atoms with Crippen LogP contribution < -0.4 is 10.0 Å². The average Bonchev–Trinajstić information content (AvgIpc) is 2.64. The molecule has 0 aromatic carbocycles. The van der Waals surface area contributed by atoms with Gasteiger partial charge in [0.15, 0.2) is 5.69 Å². The van der Waals surface area contributed by atoms with Crippen LogP contribution in [-0.2, 0) is 17.6 Å². The fraction of sp³-hybridized carbons (Fsp3) is 0.400. The number of anilines is 1. The first-order chi connectivity index (χ1) is 7.88. The Labute approximate surface area is 113 Å². The highest BCUT2D eigenvalue weighted by Gasteiger charge is 2.31. The molecule has 1 N–H and O–H groups in total. The number of halogens is 3. The second-order valence-corrected chi connectivity index (χ2v) is 6.11. The molecule has 7 heteroatoms. The zero-order valence-corrected chi connectivity index (χ0v) is 10.9. The van der Waals surface area contributed by atoms with Gasteiger partial charge in [0.2, 0.25) is 6.20 Å². The van der Waals surface area contributed by atoms with E-state index in [4.69, 9.17) is 34.8 Å². The number of nitrogens with zero attached hydrogens (tertiary/aromatic N) is 1. The number of rotatable bonds is 1. The molecular formula is C10H9Cl3N2O2. The predicted molar refractivity (Wildman–Crippen MR) is 66.3 cm³/mol. The lowest BCUT2D eigenvalue weighted by atomic mass is 10.2. The van der Waals surface area contributed by atoms with Gasteiger partial charge in [-0.2, -0.15) is 4.73 Å². The zero-order chi connectivity index (χ0) is 12.6. The van der Waals surface area contributed by atoms with Crippen molar-refractivity contribution >= 4 is 46.4 Å². The van der Waals surface area contributed by atoms with E-state index in [-0.39, 0.29) is 0 Å². The fourth-order valence-corrected chi connectivity index (χ4v) is 2.00. The van der Waals surface area contributed by atoms with Crippen molar-refractivity contribution in [3.8, 4) is 0 Å². The molecule has 0 aliphatic heterocycles. The molecule has 0 bridgehead atoms. The van der Waals surface area contributed by atoms with E-state index in [9.17, 15) is 10.0 Å². The maximum Gasteiger partial charge on any atom is 0.276 e. The molecule has 0 spiro atoms. The lowest BCUT2D eigenvalue weighted by Gasteiger charge is -2.12. The van der Waals surface area contributed by atoms with Crippen LogP contribution in [0.5, 0.6) is 0 Å². The fourth-order valence-electron chi connectivity index (χ4n) is 1.86. The van der Waals surface area contributed by atoms with E-state index in [0.29, 0.717) is 5.69 Å². The van der Waals surface area contributed by atoms with E-state index in [2.05, 4.69) is 5.32 Å². The maximum absolute atomic E-state index is 11.6. The van der Waals surface area contributed by atoms with Crippen LogP contribution in [0.3, 0.4) is 0 Å². The van der Waals surface area contributed by atoms with Gasteiger partial charge in [0.05, 0.1) is 0 Å². The molecule has 1 aromatic rings. The lowest BCUT2D eigenvalue weighted by molar-refractivity contribution is -0.612. The monoisotopic (exact) mass is 294 g/mol. The minimum Gasteiger partial charge on any atom is -0.618 e. The quantitative estimate of drug-likeness (QED) is 0.490. The molecule has 0 saturated carbocycles. The van der Waals surface area contributed by atoms with E-state index in [0.717, 1.165) is 35.3 Å². The Hall–Kier alpha value is -0.710. The number of alkyl halides is 3. The molecule has 0 unspecified atom stereocenters. The summed E-state index contributed by atoms with van der Waals surface area (Å²) < 4.78 is -1.27. The molecular weight excluding hydrogens is 286 g/mol. The molecule has 0 fully saturated rings. The maximum atomic E-state index is 11.6. The molecule has 1 aliphatic carbocycles. The number of aromatic nitrogens is 1. The van der Waals surface area contributed by atoms with Crippen molar-refractivity contribution < 1.29 is 9.52 Å². The summed E-state index contributed by atoms with van der Waals surface area (Å²) in [6, 6.07) is 1.74. The summed E-state index contributed by atoms with van der Waals surface area (Å²) in [6.07, 6.45) is 3.81. The van der Waals surface area contributed by atoms with E-state index >= 15 is 0 Å². The standard InChI is InChI=1S/C10H9Cl3N2O2/c11-10(12,13)9(16)14-7-4-6-2-1-3-8(6)15(17)5-7/h4-5H,1-3H2,(H,14,16). The van der Waals surface area contributed by atoms with Crippen LogP contribution in [0, 0.1) is 5.21 Å². The SMILES string of the molecule is O=C(Nc1cc2c([n+]([O-])c1)CCC2)C(Cl)(Cl)Cl. The Morgan fingerprint density at radius 1 is 1.41 bits per heavy atom. The van der Waals surface area contributed by atoms with Crippen molar-refractivity contribution in [2.75, 3.05) is 5.32 Å². The molecule has 0 saturated heterocycles. The number of carbonyl (C=O) groups is 1. The Morgan fingerprint density at radius 2 is 2.12 bits per heavy atom. The van der Waals surface area contributed by atoms with Gasteiger partial charge in [0.25, 0.3) is 9.70 Å². The van der Waals surface area contributed by atoms with Gasteiger partial charge in [-0.05, 0) is 18.9 Å². The van der Waals surface area contributed by atoms with Crippen LogP contribution in [-0.4, -0.2) is 9.70 Å². The number of pyridine rings is 1. The number of hydrogen-bond donors (Lipinski definition) is 1. The van der Waals surface area contributed by atoms with Crippen molar-refractivity contribution in [3.63, 3.8) is 0 Å². The van der Waals surface area contributed by atoms with Crippen molar-refractivity contribution in [1.82, 2.24) is 0 Å². The normalized spacial score (nSPS) is 14.5. The van der Waals surface area contributed by atoms with Gasteiger partial charge in [-0.3, -0.25) is 4.79 Å². The Bertz CT molecular complexity index is 471. The largest absolute Gasteiger partial charge is 0.618 e. The molecule has 1 heterocycles. The predicted octanol–water partition coefficient (Wildman–Crippen LogP) is 2.12. The second-order valence-electron chi connectivity index (χ2n) is 3.83. The highest BCUT2D eigenvalue weighted by atomic mass is 35.6. The minimum absolute atomic E-state index is 0.344. The van der Waals surface area contributed by atoms with Crippen molar-refractivity contribution in [3.05, 3.63) is 28.7 Å². The second kappa shape index (κ2) is 4.52. The van der Waals surface area contributed by atoms with Gasteiger partial charge in [-0.15, -0.1) is 0 Å². The average molecular weight is 296 g/mol. The number of amides is 1. The molecule has 0 atom stereocenters. The molecule has 1 aliphatic rings. The van der Waals surface area contributed by atoms with E-state index in [1.54, 1.807) is 6.07 Å². The van der Waals surface area contributed by atoms with Gasteiger partial charge >= 0.3 is 0 Å². The number of nitrogens with one attached hydrogen (secondary N) is 1. The third-order valence-corrected chi connectivity index (χ3v) is 3.11. The molecule has 2 rings (SSSR count). The van der Waals surface area contributed by atoms with Crippen molar-refractivity contribution in [1.29, 1.82) is 0 Å². The van der Waals surface area contributed by atoms with Gasteiger partial charge < -0.3 is 10.5 Å². The van der Waals surface area contributed by atoms with Crippen LogP contribution in [0.1, 0.15) is 17.7 Å². The summed E-state index contributed by atoms with van der Waals surface area (Å²) in [5.41, 5.74) is 2.02. The summed E-state index contributed by atoms with van der Waals surface area (Å²) in [5.74, 6) is -0.777. The van der Waals surface area contributed by atoms with Crippen molar-refractivity contribution in [2.24, 2.45) is 0 Å². The third kappa shape index (κ3) is 2.76. The smallest absolute Gasteiger partial charge is 0.276 e. The number of hydrogen-bond acceptors (Lipinski definition) is 2. The van der Waals surface area contributed by atoms with Crippen LogP contribution in [0.2, 0.25) is 0 Å². The molecule has 1 amide bonds. The van der Waals surface area contributed by atoms with Crippen molar-refractivity contribution in [2.45, 2.75) is 23.1 Å². The first-order valence-electron chi connectivity index (χ1n) is 5.01. The van der Waals surface area contributed by atoms with Gasteiger partial charge in [0.1, 0.15) is 5.69 Å². The minimum atomic E-state index is -2.03. The zero-order valence-electron chi connectivity index (χ0n) is 8.67. The number of fused-ring (bicyclic) bond motifs is 1. The molecule has 17 heavy (non-hydrogen) atoms. The van der Waals surface area contributed by atoms with Crippen LogP contribution in [0.4, 0.5) is 5.69 Å². The molecule has 4 nitrogen and oxygen atoms in total. The van der Waals surface area contributed by atoms with Gasteiger partial charge in [-0.1, -0.05) is 34.8 Å². The van der Waals surface area contributed by atoms with Crippen LogP contribution in [0.25, 0.3) is 0 Å². The Morgan fingerprint density at radius 3 is 2.76 bits per heavy atom. The number of carbonyl (C=O) groups excluding carboxylic acids is 1. The van der Waals surface area contributed by atoms with Gasteiger partial charge in [-0.25, -0.2) is 0 Å². The third-order valence-electron chi connectivity index (χ3n) is 2.60. The van der Waals surface area contributed by atoms with Gasteiger partial charge in [0, 0.05) is 12.0 Å². The first-order valence-corrected chi connectivity index (χ1v) is 6.14. The Kier molecular flexibility index (Phi) is 3.39.